The molecule has 3 aromatic rings. The number of hydrogen-bond acceptors (Lipinski definition) is 5. The summed E-state index contributed by atoms with van der Waals surface area (Å²) < 4.78 is 46.4. The van der Waals surface area contributed by atoms with Crippen LogP contribution >= 0.6 is 0 Å². The second-order valence-electron chi connectivity index (χ2n) is 7.33. The van der Waals surface area contributed by atoms with Gasteiger partial charge in [-0.15, -0.1) is 0 Å². The van der Waals surface area contributed by atoms with Crippen molar-refractivity contribution in [1.82, 2.24) is 9.79 Å². The van der Waals surface area contributed by atoms with E-state index in [1.807, 2.05) is 12.1 Å². The Morgan fingerprint density at radius 1 is 1.06 bits per heavy atom. The maximum Gasteiger partial charge on any atom is 0.266 e. The van der Waals surface area contributed by atoms with Gasteiger partial charge in [-0.1, -0.05) is 36.4 Å². The van der Waals surface area contributed by atoms with E-state index in [4.69, 9.17) is 4.74 Å². The number of ether oxygens (including phenoxy) is 1. The summed E-state index contributed by atoms with van der Waals surface area (Å²) in [7, 11) is -4.03. The van der Waals surface area contributed by atoms with Gasteiger partial charge in [0, 0.05) is 6.54 Å². The molecule has 0 saturated heterocycles. The van der Waals surface area contributed by atoms with Crippen molar-refractivity contribution in [3.8, 4) is 5.75 Å². The van der Waals surface area contributed by atoms with Gasteiger partial charge in [-0.2, -0.15) is 4.31 Å². The van der Waals surface area contributed by atoms with Crippen molar-refractivity contribution in [2.45, 2.75) is 24.0 Å². The Kier molecular flexibility index (Phi) is 6.22. The second kappa shape index (κ2) is 9.07. The fourth-order valence-corrected chi connectivity index (χ4v) is 5.30. The van der Waals surface area contributed by atoms with E-state index in [9.17, 15) is 22.8 Å². The molecule has 1 heterocycles. The third-order valence-electron chi connectivity index (χ3n) is 5.35. The molecule has 0 spiro atoms. The van der Waals surface area contributed by atoms with Crippen LogP contribution in [0.15, 0.2) is 77.7 Å². The smallest absolute Gasteiger partial charge is 0.266 e. The average Bonchev–Trinajstić information content (AvgIpc) is 2.82. The molecule has 0 radical (unpaired) electrons. The number of sulfonamides is 1. The van der Waals surface area contributed by atoms with Crippen molar-refractivity contribution >= 4 is 15.9 Å². The zero-order valence-corrected chi connectivity index (χ0v) is 17.8. The van der Waals surface area contributed by atoms with Crippen molar-refractivity contribution in [3.05, 3.63) is 95.3 Å². The highest BCUT2D eigenvalue weighted by Crippen LogP contribution is 2.34. The normalized spacial score (nSPS) is 16.2. The molecule has 1 amide bonds. The van der Waals surface area contributed by atoms with Crippen LogP contribution in [0.1, 0.15) is 22.7 Å². The lowest BCUT2D eigenvalue weighted by atomic mass is 9.94. The van der Waals surface area contributed by atoms with Crippen molar-refractivity contribution in [3.63, 3.8) is 0 Å². The summed E-state index contributed by atoms with van der Waals surface area (Å²) in [6, 6.07) is 17.6. The van der Waals surface area contributed by atoms with Crippen LogP contribution in [0, 0.1) is 5.82 Å². The topological polar surface area (TPSA) is 95.9 Å². The molecule has 1 aliphatic rings. The van der Waals surface area contributed by atoms with Crippen LogP contribution in [-0.2, 0) is 27.8 Å². The Morgan fingerprint density at radius 2 is 1.75 bits per heavy atom. The quantitative estimate of drug-likeness (QED) is 0.439. The fraction of sp³-hybridized carbons (Fsp3) is 0.174. The van der Waals surface area contributed by atoms with Gasteiger partial charge in [0.05, 0.1) is 4.90 Å². The number of rotatable bonds is 6. The Bertz CT molecular complexity index is 1210. The number of hydrogen-bond donors (Lipinski definition) is 2. The van der Waals surface area contributed by atoms with Crippen LogP contribution in [-0.4, -0.2) is 30.4 Å². The molecule has 32 heavy (non-hydrogen) atoms. The largest absolute Gasteiger partial charge is 0.489 e. The average molecular weight is 456 g/mol. The maximum atomic E-state index is 13.3. The first-order valence-corrected chi connectivity index (χ1v) is 11.3. The Labute approximate surface area is 185 Å². The number of benzene rings is 3. The van der Waals surface area contributed by atoms with Gasteiger partial charge >= 0.3 is 0 Å². The summed E-state index contributed by atoms with van der Waals surface area (Å²) in [6.07, 6.45) is 0.448. The van der Waals surface area contributed by atoms with Crippen LogP contribution in [0.25, 0.3) is 0 Å². The second-order valence-corrected chi connectivity index (χ2v) is 9.22. The van der Waals surface area contributed by atoms with Gasteiger partial charge in [-0.25, -0.2) is 18.3 Å². The lowest BCUT2D eigenvalue weighted by Crippen LogP contribution is -2.46. The molecule has 166 valence electrons. The molecular weight excluding hydrogens is 435 g/mol. The molecule has 1 unspecified atom stereocenters. The molecule has 1 aliphatic heterocycles. The highest BCUT2D eigenvalue weighted by molar-refractivity contribution is 7.89. The number of nitrogens with zero attached hydrogens (tertiary/aromatic N) is 1. The molecule has 2 N–H and O–H groups in total. The van der Waals surface area contributed by atoms with E-state index in [1.165, 1.54) is 36.4 Å². The van der Waals surface area contributed by atoms with E-state index in [0.29, 0.717) is 17.7 Å². The third kappa shape index (κ3) is 4.36. The first-order valence-electron chi connectivity index (χ1n) is 9.91. The summed E-state index contributed by atoms with van der Waals surface area (Å²) in [4.78, 5) is 12.4. The van der Waals surface area contributed by atoms with E-state index in [1.54, 1.807) is 29.7 Å². The van der Waals surface area contributed by atoms with E-state index in [2.05, 4.69) is 0 Å². The van der Waals surface area contributed by atoms with Crippen molar-refractivity contribution in [2.24, 2.45) is 0 Å². The number of fused-ring (bicyclic) bond motifs is 1. The third-order valence-corrected chi connectivity index (χ3v) is 7.23. The van der Waals surface area contributed by atoms with E-state index in [-0.39, 0.29) is 23.9 Å². The van der Waals surface area contributed by atoms with Crippen LogP contribution in [0.3, 0.4) is 0 Å². The molecule has 0 fully saturated rings. The lowest BCUT2D eigenvalue weighted by molar-refractivity contribution is -0.133. The lowest BCUT2D eigenvalue weighted by Gasteiger charge is -2.34. The predicted molar refractivity (Wildman–Crippen MR) is 114 cm³/mol. The molecular formula is C23H21FN2O5S. The van der Waals surface area contributed by atoms with Crippen LogP contribution < -0.4 is 10.2 Å². The molecule has 0 aliphatic carbocycles. The number of carbonyl (C=O) groups is 1. The fourth-order valence-electron chi connectivity index (χ4n) is 3.73. The number of nitrogens with one attached hydrogen (secondary N) is 1. The molecule has 9 heteroatoms. The summed E-state index contributed by atoms with van der Waals surface area (Å²) in [6.45, 7) is 0.300. The number of halogens is 1. The van der Waals surface area contributed by atoms with Crippen LogP contribution in [0.4, 0.5) is 4.39 Å². The number of amides is 1. The van der Waals surface area contributed by atoms with Gasteiger partial charge < -0.3 is 4.74 Å². The van der Waals surface area contributed by atoms with E-state index >= 15 is 0 Å². The number of carbonyl (C=O) groups excluding carboxylic acids is 1. The SMILES string of the molecule is O=C(NO)C1c2ccccc2CCN1S(=O)(=O)c1ccc(OCc2ccc(F)cc2)cc1. The first kappa shape index (κ1) is 21.9. The molecule has 4 rings (SSSR count). The molecule has 0 aromatic heterocycles. The summed E-state index contributed by atoms with van der Waals surface area (Å²) in [5, 5.41) is 9.21. The summed E-state index contributed by atoms with van der Waals surface area (Å²) in [5.41, 5.74) is 3.75. The minimum Gasteiger partial charge on any atom is -0.489 e. The zero-order chi connectivity index (χ0) is 22.7. The Hall–Kier alpha value is -3.27. The summed E-state index contributed by atoms with van der Waals surface area (Å²) >= 11 is 0. The summed E-state index contributed by atoms with van der Waals surface area (Å²) in [5.74, 6) is -0.710. The van der Waals surface area contributed by atoms with Gasteiger partial charge in [0.25, 0.3) is 5.91 Å². The van der Waals surface area contributed by atoms with Crippen LogP contribution in [0.2, 0.25) is 0 Å². The molecule has 3 aromatic carbocycles. The monoisotopic (exact) mass is 456 g/mol. The molecule has 0 saturated carbocycles. The van der Waals surface area contributed by atoms with Crippen LogP contribution in [0.5, 0.6) is 5.75 Å². The van der Waals surface area contributed by atoms with Gasteiger partial charge in [0.15, 0.2) is 0 Å². The van der Waals surface area contributed by atoms with Crippen molar-refractivity contribution in [2.75, 3.05) is 6.54 Å². The highest BCUT2D eigenvalue weighted by atomic mass is 32.2. The van der Waals surface area contributed by atoms with Gasteiger partial charge in [-0.05, 0) is 59.5 Å². The highest BCUT2D eigenvalue weighted by Gasteiger charge is 2.40. The van der Waals surface area contributed by atoms with Crippen molar-refractivity contribution < 1.29 is 27.5 Å². The molecule has 7 nitrogen and oxygen atoms in total. The zero-order valence-electron chi connectivity index (χ0n) is 16.9. The van der Waals surface area contributed by atoms with Gasteiger partial charge in [0.2, 0.25) is 10.0 Å². The van der Waals surface area contributed by atoms with Gasteiger partial charge in [-0.3, -0.25) is 10.0 Å². The molecule has 1 atom stereocenters. The standard InChI is InChI=1S/C23H21FN2O5S/c24-18-7-5-16(6-8-18)15-31-19-9-11-20(12-10-19)32(29,30)26-14-13-17-3-1-2-4-21(17)22(26)23(27)25-28/h1-12,22,28H,13-15H2,(H,25,27). The minimum absolute atomic E-state index is 0.00162. The maximum absolute atomic E-state index is 13.3. The Morgan fingerprint density at radius 3 is 2.44 bits per heavy atom. The minimum atomic E-state index is -4.03. The molecule has 0 bridgehead atoms. The first-order chi connectivity index (χ1) is 15.4. The van der Waals surface area contributed by atoms with E-state index < -0.39 is 22.0 Å². The Balaban J connectivity index is 1.56. The van der Waals surface area contributed by atoms with Crippen molar-refractivity contribution in [1.29, 1.82) is 0 Å². The predicted octanol–water partition coefficient (Wildman–Crippen LogP) is 3.20. The number of hydroxylamine groups is 1. The van der Waals surface area contributed by atoms with Gasteiger partial charge in [0.1, 0.15) is 24.2 Å². The van der Waals surface area contributed by atoms with E-state index in [0.717, 1.165) is 15.4 Å².